The average molecular weight is 226 g/mol. The Balaban J connectivity index is 1.59. The van der Waals surface area contributed by atoms with E-state index in [1.165, 1.54) is 12.8 Å². The van der Waals surface area contributed by atoms with Crippen LogP contribution in [0.15, 0.2) is 0 Å². The molecule has 0 radical (unpaired) electrons. The summed E-state index contributed by atoms with van der Waals surface area (Å²) in [5.41, 5.74) is 2.61. The van der Waals surface area contributed by atoms with Crippen LogP contribution < -0.4 is 10.8 Å². The van der Waals surface area contributed by atoms with E-state index in [9.17, 15) is 4.79 Å². The SMILES string of the molecule is O=C(CC1CCNCC1)NOC1CCCC1. The predicted molar refractivity (Wildman–Crippen MR) is 61.7 cm³/mol. The summed E-state index contributed by atoms with van der Waals surface area (Å²) in [5.74, 6) is 0.590. The maximum absolute atomic E-state index is 11.6. The molecule has 2 aliphatic rings. The summed E-state index contributed by atoms with van der Waals surface area (Å²) >= 11 is 0. The summed E-state index contributed by atoms with van der Waals surface area (Å²) < 4.78 is 0. The zero-order valence-corrected chi connectivity index (χ0v) is 9.84. The molecule has 4 heteroatoms. The molecule has 0 bridgehead atoms. The lowest BCUT2D eigenvalue weighted by Gasteiger charge is -2.22. The van der Waals surface area contributed by atoms with Gasteiger partial charge in [0.15, 0.2) is 0 Å². The van der Waals surface area contributed by atoms with Crippen LogP contribution in [0.2, 0.25) is 0 Å². The van der Waals surface area contributed by atoms with Crippen molar-refractivity contribution in [1.29, 1.82) is 0 Å². The van der Waals surface area contributed by atoms with Gasteiger partial charge in [-0.05, 0) is 44.7 Å². The molecule has 2 fully saturated rings. The lowest BCUT2D eigenvalue weighted by atomic mass is 9.94. The summed E-state index contributed by atoms with van der Waals surface area (Å²) in [5, 5.41) is 3.30. The first-order valence-corrected chi connectivity index (χ1v) is 6.50. The molecule has 1 heterocycles. The zero-order valence-electron chi connectivity index (χ0n) is 9.84. The highest BCUT2D eigenvalue weighted by Gasteiger charge is 2.19. The third kappa shape index (κ3) is 3.76. The summed E-state index contributed by atoms with van der Waals surface area (Å²) in [6.45, 7) is 2.09. The molecule has 1 amide bonds. The Kier molecular flexibility index (Phi) is 4.60. The molecule has 1 aliphatic carbocycles. The Morgan fingerprint density at radius 3 is 2.56 bits per heavy atom. The summed E-state index contributed by atoms with van der Waals surface area (Å²) in [7, 11) is 0. The molecular formula is C12H22N2O2. The minimum atomic E-state index is 0.0544. The molecule has 92 valence electrons. The van der Waals surface area contributed by atoms with Crippen molar-refractivity contribution in [2.45, 2.75) is 51.0 Å². The van der Waals surface area contributed by atoms with Gasteiger partial charge < -0.3 is 5.32 Å². The first-order chi connectivity index (χ1) is 7.84. The second-order valence-electron chi connectivity index (χ2n) is 4.95. The van der Waals surface area contributed by atoms with Gasteiger partial charge >= 0.3 is 0 Å². The Labute approximate surface area is 97.1 Å². The highest BCUT2D eigenvalue weighted by molar-refractivity contribution is 5.75. The molecule has 1 saturated carbocycles. The van der Waals surface area contributed by atoms with Crippen LogP contribution in [0.5, 0.6) is 0 Å². The van der Waals surface area contributed by atoms with Gasteiger partial charge in [-0.25, -0.2) is 5.48 Å². The summed E-state index contributed by atoms with van der Waals surface area (Å²) in [6, 6.07) is 0. The Morgan fingerprint density at radius 1 is 1.19 bits per heavy atom. The van der Waals surface area contributed by atoms with Gasteiger partial charge in [0.1, 0.15) is 0 Å². The molecule has 1 saturated heterocycles. The molecule has 0 aromatic rings. The third-order valence-electron chi connectivity index (χ3n) is 3.57. The van der Waals surface area contributed by atoms with Crippen molar-refractivity contribution in [3.8, 4) is 0 Å². The zero-order chi connectivity index (χ0) is 11.2. The smallest absolute Gasteiger partial charge is 0.243 e. The molecule has 0 aromatic carbocycles. The van der Waals surface area contributed by atoms with Crippen LogP contribution in [0.25, 0.3) is 0 Å². The van der Waals surface area contributed by atoms with Crippen LogP contribution in [-0.4, -0.2) is 25.1 Å². The van der Waals surface area contributed by atoms with Crippen molar-refractivity contribution >= 4 is 5.91 Å². The molecule has 0 unspecified atom stereocenters. The van der Waals surface area contributed by atoms with E-state index >= 15 is 0 Å². The van der Waals surface area contributed by atoms with Crippen molar-refractivity contribution in [1.82, 2.24) is 10.8 Å². The number of rotatable bonds is 4. The van der Waals surface area contributed by atoms with Crippen LogP contribution in [0.3, 0.4) is 0 Å². The summed E-state index contributed by atoms with van der Waals surface area (Å²) in [6.07, 6.45) is 7.74. The fourth-order valence-electron chi connectivity index (χ4n) is 2.54. The topological polar surface area (TPSA) is 50.4 Å². The molecule has 0 spiro atoms. The highest BCUT2D eigenvalue weighted by Crippen LogP contribution is 2.20. The monoisotopic (exact) mass is 226 g/mol. The van der Waals surface area contributed by atoms with Gasteiger partial charge in [0.25, 0.3) is 0 Å². The first-order valence-electron chi connectivity index (χ1n) is 6.50. The molecule has 1 aliphatic heterocycles. The van der Waals surface area contributed by atoms with E-state index in [2.05, 4.69) is 10.8 Å². The van der Waals surface area contributed by atoms with Crippen molar-refractivity contribution in [3.63, 3.8) is 0 Å². The fourth-order valence-corrected chi connectivity index (χ4v) is 2.54. The number of carbonyl (C=O) groups excluding carboxylic acids is 1. The van der Waals surface area contributed by atoms with E-state index < -0.39 is 0 Å². The number of hydrogen-bond acceptors (Lipinski definition) is 3. The van der Waals surface area contributed by atoms with Gasteiger partial charge in [0.05, 0.1) is 6.10 Å². The van der Waals surface area contributed by atoms with Gasteiger partial charge in [0, 0.05) is 6.42 Å². The number of carbonyl (C=O) groups is 1. The van der Waals surface area contributed by atoms with Gasteiger partial charge in [-0.15, -0.1) is 0 Å². The second-order valence-corrected chi connectivity index (χ2v) is 4.95. The number of nitrogens with one attached hydrogen (secondary N) is 2. The first kappa shape index (κ1) is 11.9. The molecule has 2 N–H and O–H groups in total. The highest BCUT2D eigenvalue weighted by atomic mass is 16.7. The van der Waals surface area contributed by atoms with E-state index in [0.717, 1.165) is 38.8 Å². The molecule has 0 aromatic heterocycles. The lowest BCUT2D eigenvalue weighted by molar-refractivity contribution is -0.139. The van der Waals surface area contributed by atoms with E-state index in [0.29, 0.717) is 12.3 Å². The molecule has 4 nitrogen and oxygen atoms in total. The van der Waals surface area contributed by atoms with E-state index in [4.69, 9.17) is 4.84 Å². The molecule has 0 atom stereocenters. The van der Waals surface area contributed by atoms with Crippen LogP contribution in [0, 0.1) is 5.92 Å². The third-order valence-corrected chi connectivity index (χ3v) is 3.57. The molecular weight excluding hydrogens is 204 g/mol. The van der Waals surface area contributed by atoms with Crippen LogP contribution in [-0.2, 0) is 9.63 Å². The van der Waals surface area contributed by atoms with Crippen molar-refractivity contribution in [2.24, 2.45) is 5.92 Å². The number of hydrogen-bond donors (Lipinski definition) is 2. The van der Waals surface area contributed by atoms with E-state index in [1.54, 1.807) is 0 Å². The number of piperidine rings is 1. The predicted octanol–water partition coefficient (Wildman–Crippen LogP) is 1.37. The van der Waals surface area contributed by atoms with Crippen LogP contribution in [0.1, 0.15) is 44.9 Å². The van der Waals surface area contributed by atoms with Crippen molar-refractivity contribution < 1.29 is 9.63 Å². The minimum absolute atomic E-state index is 0.0544. The van der Waals surface area contributed by atoms with Crippen molar-refractivity contribution in [2.75, 3.05) is 13.1 Å². The quantitative estimate of drug-likeness (QED) is 0.712. The molecule has 16 heavy (non-hydrogen) atoms. The Morgan fingerprint density at radius 2 is 1.88 bits per heavy atom. The largest absolute Gasteiger partial charge is 0.317 e. The second kappa shape index (κ2) is 6.21. The summed E-state index contributed by atoms with van der Waals surface area (Å²) in [4.78, 5) is 17.0. The molecule has 2 rings (SSSR count). The van der Waals surface area contributed by atoms with Gasteiger partial charge in [0.2, 0.25) is 5.91 Å². The average Bonchev–Trinajstić information content (AvgIpc) is 2.81. The fraction of sp³-hybridized carbons (Fsp3) is 0.917. The van der Waals surface area contributed by atoms with E-state index in [1.807, 2.05) is 0 Å². The van der Waals surface area contributed by atoms with Gasteiger partial charge in [-0.3, -0.25) is 9.63 Å². The van der Waals surface area contributed by atoms with Crippen LogP contribution >= 0.6 is 0 Å². The van der Waals surface area contributed by atoms with Crippen molar-refractivity contribution in [3.05, 3.63) is 0 Å². The van der Waals surface area contributed by atoms with Gasteiger partial charge in [-0.2, -0.15) is 0 Å². The van der Waals surface area contributed by atoms with E-state index in [-0.39, 0.29) is 12.0 Å². The minimum Gasteiger partial charge on any atom is -0.317 e. The lowest BCUT2D eigenvalue weighted by Crippen LogP contribution is -2.33. The Bertz CT molecular complexity index is 221. The standard InChI is InChI=1S/C12H22N2O2/c15-12(9-10-5-7-13-8-6-10)14-16-11-3-1-2-4-11/h10-11,13H,1-9H2,(H,14,15). The maximum atomic E-state index is 11.6. The number of amides is 1. The Hall–Kier alpha value is -0.610. The maximum Gasteiger partial charge on any atom is 0.243 e. The normalized spacial score (nSPS) is 23.5. The van der Waals surface area contributed by atoms with Crippen LogP contribution in [0.4, 0.5) is 0 Å². The number of hydroxylamine groups is 1. The van der Waals surface area contributed by atoms with Gasteiger partial charge in [-0.1, -0.05) is 12.8 Å².